The Bertz CT molecular complexity index is 1030. The molecule has 0 aliphatic carbocycles. The lowest BCUT2D eigenvalue weighted by Gasteiger charge is -2.21. The summed E-state index contributed by atoms with van der Waals surface area (Å²) in [4.78, 5) is 19.1. The topological polar surface area (TPSA) is 60.2 Å². The zero-order valence-corrected chi connectivity index (χ0v) is 21.3. The van der Waals surface area contributed by atoms with Gasteiger partial charge in [0.25, 0.3) is 0 Å². The van der Waals surface area contributed by atoms with Gasteiger partial charge in [-0.05, 0) is 81.3 Å². The number of hydrogen-bond acceptors (Lipinski definition) is 3. The highest BCUT2D eigenvalue weighted by molar-refractivity contribution is 5.86. The van der Waals surface area contributed by atoms with Crippen LogP contribution in [0.25, 0.3) is 10.9 Å². The largest absolute Gasteiger partial charge is 0.361 e. The van der Waals surface area contributed by atoms with Gasteiger partial charge in [-0.25, -0.2) is 0 Å². The van der Waals surface area contributed by atoms with E-state index in [0.29, 0.717) is 12.3 Å². The molecule has 3 N–H and O–H groups in total. The van der Waals surface area contributed by atoms with Crippen LogP contribution in [-0.2, 0) is 17.8 Å². The minimum atomic E-state index is -0.198. The SMILES string of the molecule is CCCCN[C@@H](Cc1c[nH]c2ccccc12)C(=O)NCCC1CCCN(Cc2ccccc2)CC1. The molecule has 188 valence electrons. The molecule has 35 heavy (non-hydrogen) atoms. The number of nitrogens with zero attached hydrogens (tertiary/aromatic N) is 1. The van der Waals surface area contributed by atoms with Gasteiger partial charge in [0.15, 0.2) is 0 Å². The number of unbranched alkanes of at least 4 members (excludes halogenated alkanes) is 1. The molecule has 1 fully saturated rings. The van der Waals surface area contributed by atoms with Crippen molar-refractivity contribution >= 4 is 16.8 Å². The second-order valence-electron chi connectivity index (χ2n) is 10.1. The first kappa shape index (κ1) is 25.5. The molecule has 0 spiro atoms. The molecule has 1 aromatic heterocycles. The van der Waals surface area contributed by atoms with E-state index in [1.54, 1.807) is 0 Å². The highest BCUT2D eigenvalue weighted by Crippen LogP contribution is 2.22. The summed E-state index contributed by atoms with van der Waals surface area (Å²) in [7, 11) is 0. The van der Waals surface area contributed by atoms with E-state index in [9.17, 15) is 4.79 Å². The molecule has 2 heterocycles. The first-order valence-electron chi connectivity index (χ1n) is 13.5. The average molecular weight is 475 g/mol. The van der Waals surface area contributed by atoms with Crippen LogP contribution in [0, 0.1) is 5.92 Å². The van der Waals surface area contributed by atoms with Crippen molar-refractivity contribution in [2.24, 2.45) is 5.92 Å². The van der Waals surface area contributed by atoms with Crippen molar-refractivity contribution in [2.75, 3.05) is 26.2 Å². The summed E-state index contributed by atoms with van der Waals surface area (Å²) in [5.74, 6) is 0.821. The lowest BCUT2D eigenvalue weighted by Crippen LogP contribution is -2.46. The molecule has 0 bridgehead atoms. The molecule has 3 aromatic rings. The monoisotopic (exact) mass is 474 g/mol. The van der Waals surface area contributed by atoms with Crippen LogP contribution in [0.2, 0.25) is 0 Å². The molecule has 5 heteroatoms. The quantitative estimate of drug-likeness (QED) is 0.313. The van der Waals surface area contributed by atoms with E-state index < -0.39 is 0 Å². The summed E-state index contributed by atoms with van der Waals surface area (Å²) >= 11 is 0. The molecule has 1 aliphatic rings. The fourth-order valence-electron chi connectivity index (χ4n) is 5.27. The highest BCUT2D eigenvalue weighted by Gasteiger charge is 2.21. The molecule has 1 unspecified atom stereocenters. The number of fused-ring (bicyclic) bond motifs is 1. The Hall–Kier alpha value is -2.63. The Morgan fingerprint density at radius 1 is 1.06 bits per heavy atom. The smallest absolute Gasteiger partial charge is 0.237 e. The molecule has 0 saturated carbocycles. The van der Waals surface area contributed by atoms with Crippen molar-refractivity contribution in [1.82, 2.24) is 20.5 Å². The first-order chi connectivity index (χ1) is 17.2. The van der Waals surface area contributed by atoms with Gasteiger partial charge >= 0.3 is 0 Å². The number of H-pyrrole nitrogens is 1. The van der Waals surface area contributed by atoms with Gasteiger partial charge in [0.1, 0.15) is 0 Å². The van der Waals surface area contributed by atoms with Crippen LogP contribution in [-0.4, -0.2) is 48.0 Å². The lowest BCUT2D eigenvalue weighted by atomic mass is 9.97. The maximum absolute atomic E-state index is 13.2. The minimum Gasteiger partial charge on any atom is -0.361 e. The van der Waals surface area contributed by atoms with E-state index >= 15 is 0 Å². The fraction of sp³-hybridized carbons (Fsp3) is 0.500. The fourth-order valence-corrected chi connectivity index (χ4v) is 5.27. The summed E-state index contributed by atoms with van der Waals surface area (Å²) in [6, 6.07) is 18.9. The van der Waals surface area contributed by atoms with E-state index in [2.05, 4.69) is 82.2 Å². The van der Waals surface area contributed by atoms with E-state index in [1.807, 2.05) is 6.07 Å². The van der Waals surface area contributed by atoms with Crippen molar-refractivity contribution in [3.8, 4) is 0 Å². The van der Waals surface area contributed by atoms with Crippen molar-refractivity contribution in [3.05, 3.63) is 71.9 Å². The number of aromatic nitrogens is 1. The Kier molecular flexibility index (Phi) is 9.79. The van der Waals surface area contributed by atoms with Crippen molar-refractivity contribution in [1.29, 1.82) is 0 Å². The third kappa shape index (κ3) is 7.68. The first-order valence-corrected chi connectivity index (χ1v) is 13.5. The molecule has 2 atom stereocenters. The number of benzene rings is 2. The minimum absolute atomic E-state index is 0.130. The number of hydrogen-bond donors (Lipinski definition) is 3. The third-order valence-electron chi connectivity index (χ3n) is 7.38. The van der Waals surface area contributed by atoms with Gasteiger partial charge in [0.2, 0.25) is 5.91 Å². The second-order valence-corrected chi connectivity index (χ2v) is 10.1. The van der Waals surface area contributed by atoms with Gasteiger partial charge in [-0.2, -0.15) is 0 Å². The Morgan fingerprint density at radius 3 is 2.74 bits per heavy atom. The molecule has 2 aromatic carbocycles. The Morgan fingerprint density at radius 2 is 1.89 bits per heavy atom. The van der Waals surface area contributed by atoms with Gasteiger partial charge in [0.05, 0.1) is 6.04 Å². The van der Waals surface area contributed by atoms with Crippen LogP contribution >= 0.6 is 0 Å². The maximum atomic E-state index is 13.2. The van der Waals surface area contributed by atoms with Crippen molar-refractivity contribution < 1.29 is 4.79 Å². The summed E-state index contributed by atoms with van der Waals surface area (Å²) in [5.41, 5.74) is 3.73. The Labute approximate surface area is 210 Å². The summed E-state index contributed by atoms with van der Waals surface area (Å²) in [6.45, 7) is 7.19. The van der Waals surface area contributed by atoms with Gasteiger partial charge < -0.3 is 15.6 Å². The van der Waals surface area contributed by atoms with E-state index in [1.165, 1.54) is 42.3 Å². The molecular weight excluding hydrogens is 432 g/mol. The molecule has 5 nitrogen and oxygen atoms in total. The summed E-state index contributed by atoms with van der Waals surface area (Å²) in [5, 5.41) is 7.99. The Balaban J connectivity index is 1.25. The van der Waals surface area contributed by atoms with Crippen molar-refractivity contribution in [2.45, 2.75) is 64.5 Å². The van der Waals surface area contributed by atoms with Crippen LogP contribution in [0.3, 0.4) is 0 Å². The molecule has 1 aliphatic heterocycles. The maximum Gasteiger partial charge on any atom is 0.237 e. The van der Waals surface area contributed by atoms with Crippen LogP contribution in [0.15, 0.2) is 60.8 Å². The van der Waals surface area contributed by atoms with Gasteiger partial charge in [-0.3, -0.25) is 9.69 Å². The number of carbonyl (C=O) groups is 1. The number of rotatable bonds is 12. The van der Waals surface area contributed by atoms with Crippen LogP contribution in [0.1, 0.15) is 56.6 Å². The predicted octanol–water partition coefficient (Wildman–Crippen LogP) is 5.28. The van der Waals surface area contributed by atoms with E-state index in [0.717, 1.165) is 51.0 Å². The predicted molar refractivity (Wildman–Crippen MR) is 145 cm³/mol. The molecule has 4 rings (SSSR count). The number of likely N-dealkylation sites (tertiary alicyclic amines) is 1. The molecular formula is C30H42N4O. The molecule has 1 saturated heterocycles. The average Bonchev–Trinajstić information content (AvgIpc) is 3.16. The van der Waals surface area contributed by atoms with Gasteiger partial charge in [0, 0.05) is 30.2 Å². The number of nitrogens with one attached hydrogen (secondary N) is 3. The van der Waals surface area contributed by atoms with Crippen LogP contribution in [0.5, 0.6) is 0 Å². The summed E-state index contributed by atoms with van der Waals surface area (Å²) in [6.07, 6.45) is 9.75. The van der Waals surface area contributed by atoms with E-state index in [4.69, 9.17) is 0 Å². The van der Waals surface area contributed by atoms with E-state index in [-0.39, 0.29) is 11.9 Å². The number of carbonyl (C=O) groups excluding carboxylic acids is 1. The van der Waals surface area contributed by atoms with Crippen LogP contribution in [0.4, 0.5) is 0 Å². The third-order valence-corrected chi connectivity index (χ3v) is 7.38. The standard InChI is InChI=1S/C30H42N4O/c1-2-3-17-31-29(21-26-22-33-28-14-8-7-13-27(26)28)30(35)32-18-15-24-12-9-19-34(20-16-24)23-25-10-5-4-6-11-25/h4-8,10-11,13-14,22,24,29,31,33H,2-3,9,12,15-21,23H2,1H3,(H,32,35)/t24?,29-/m0/s1. The molecule has 0 radical (unpaired) electrons. The highest BCUT2D eigenvalue weighted by atomic mass is 16.2. The second kappa shape index (κ2) is 13.5. The number of aromatic amines is 1. The number of para-hydroxylation sites is 1. The normalized spacial score (nSPS) is 17.8. The van der Waals surface area contributed by atoms with Gasteiger partial charge in [-0.15, -0.1) is 0 Å². The zero-order valence-electron chi connectivity index (χ0n) is 21.3. The molecule has 1 amide bonds. The van der Waals surface area contributed by atoms with Crippen molar-refractivity contribution in [3.63, 3.8) is 0 Å². The lowest BCUT2D eigenvalue weighted by molar-refractivity contribution is -0.123. The zero-order chi connectivity index (χ0) is 24.3. The number of amides is 1. The summed E-state index contributed by atoms with van der Waals surface area (Å²) < 4.78 is 0. The van der Waals surface area contributed by atoms with Crippen LogP contribution < -0.4 is 10.6 Å². The van der Waals surface area contributed by atoms with Gasteiger partial charge in [-0.1, -0.05) is 61.9 Å².